The van der Waals surface area contributed by atoms with E-state index in [0.29, 0.717) is 24.6 Å². The predicted octanol–water partition coefficient (Wildman–Crippen LogP) is 3.81. The first-order valence-electron chi connectivity index (χ1n) is 9.06. The van der Waals surface area contributed by atoms with Gasteiger partial charge in [0.05, 0.1) is 0 Å². The Kier molecular flexibility index (Phi) is 5.56. The normalized spacial score (nSPS) is 14.0. The molecule has 0 saturated heterocycles. The van der Waals surface area contributed by atoms with Gasteiger partial charge in [-0.1, -0.05) is 50.2 Å². The second kappa shape index (κ2) is 8.04. The van der Waals surface area contributed by atoms with Crippen LogP contribution in [0.2, 0.25) is 0 Å². The van der Waals surface area contributed by atoms with E-state index in [-0.39, 0.29) is 11.9 Å². The van der Waals surface area contributed by atoms with E-state index >= 15 is 0 Å². The molecule has 3 rings (SSSR count). The van der Waals surface area contributed by atoms with E-state index in [1.165, 1.54) is 5.56 Å². The van der Waals surface area contributed by atoms with Gasteiger partial charge in [0.15, 0.2) is 0 Å². The first kappa shape index (κ1) is 18.0. The molecular weight excluding hydrogens is 326 g/mol. The van der Waals surface area contributed by atoms with Gasteiger partial charge in [-0.3, -0.25) is 4.79 Å². The average Bonchev–Trinajstić information content (AvgIpc) is 3.05. The number of anilines is 2. The van der Waals surface area contributed by atoms with Gasteiger partial charge in [0.25, 0.3) is 0 Å². The van der Waals surface area contributed by atoms with Crippen LogP contribution in [0, 0.1) is 5.92 Å². The van der Waals surface area contributed by atoms with Crippen molar-refractivity contribution in [2.24, 2.45) is 5.92 Å². The first-order chi connectivity index (χ1) is 12.5. The second-order valence-electron chi connectivity index (χ2n) is 7.02. The van der Waals surface area contributed by atoms with Crippen LogP contribution in [-0.2, 0) is 11.2 Å². The van der Waals surface area contributed by atoms with Crippen molar-refractivity contribution in [3.05, 3.63) is 60.2 Å². The maximum atomic E-state index is 13.1. The molecule has 0 fully saturated rings. The van der Waals surface area contributed by atoms with Crippen molar-refractivity contribution >= 4 is 23.3 Å². The molecule has 1 heterocycles. The highest BCUT2D eigenvalue weighted by atomic mass is 16.2. The number of carbonyl (C=O) groups is 2. The molecule has 2 N–H and O–H groups in total. The summed E-state index contributed by atoms with van der Waals surface area (Å²) in [7, 11) is 0. The predicted molar refractivity (Wildman–Crippen MR) is 104 cm³/mol. The Labute approximate surface area is 154 Å². The molecule has 2 aromatic rings. The molecule has 1 aliphatic rings. The number of urea groups is 1. The van der Waals surface area contributed by atoms with Crippen LogP contribution in [0.1, 0.15) is 25.8 Å². The van der Waals surface area contributed by atoms with E-state index in [1.807, 2.05) is 48.5 Å². The van der Waals surface area contributed by atoms with Crippen LogP contribution >= 0.6 is 0 Å². The largest absolute Gasteiger partial charge is 0.326 e. The van der Waals surface area contributed by atoms with Crippen LogP contribution in [0.5, 0.6) is 0 Å². The number of amides is 3. The van der Waals surface area contributed by atoms with Crippen LogP contribution in [-0.4, -0.2) is 24.5 Å². The molecule has 0 aliphatic carbocycles. The van der Waals surface area contributed by atoms with Gasteiger partial charge < -0.3 is 15.5 Å². The van der Waals surface area contributed by atoms with Crippen molar-refractivity contribution in [1.29, 1.82) is 0 Å². The Bertz CT molecular complexity index is 774. The van der Waals surface area contributed by atoms with E-state index in [4.69, 9.17) is 0 Å². The summed E-state index contributed by atoms with van der Waals surface area (Å²) in [5, 5.41) is 5.65. The zero-order chi connectivity index (χ0) is 18.5. The molecule has 0 radical (unpaired) electrons. The van der Waals surface area contributed by atoms with Crippen molar-refractivity contribution in [1.82, 2.24) is 5.32 Å². The number of rotatable bonds is 5. The summed E-state index contributed by atoms with van der Waals surface area (Å²) in [6.45, 7) is 4.76. The average molecular weight is 351 g/mol. The fraction of sp³-hybridized carbons (Fsp3) is 0.333. The Morgan fingerprint density at radius 1 is 1.04 bits per heavy atom. The lowest BCUT2D eigenvalue weighted by Crippen LogP contribution is -2.50. The van der Waals surface area contributed by atoms with Crippen molar-refractivity contribution < 1.29 is 9.59 Å². The molecule has 0 saturated carbocycles. The highest BCUT2D eigenvalue weighted by Crippen LogP contribution is 2.28. The van der Waals surface area contributed by atoms with Gasteiger partial charge >= 0.3 is 6.03 Å². The fourth-order valence-electron chi connectivity index (χ4n) is 3.30. The zero-order valence-electron chi connectivity index (χ0n) is 15.2. The minimum Gasteiger partial charge on any atom is -0.326 e. The van der Waals surface area contributed by atoms with Crippen LogP contribution in [0.15, 0.2) is 54.6 Å². The Hall–Kier alpha value is -2.82. The van der Waals surface area contributed by atoms with E-state index in [0.717, 1.165) is 12.1 Å². The summed E-state index contributed by atoms with van der Waals surface area (Å²) in [5.41, 5.74) is 2.83. The summed E-state index contributed by atoms with van der Waals surface area (Å²) < 4.78 is 0. The molecule has 1 aliphatic heterocycles. The summed E-state index contributed by atoms with van der Waals surface area (Å²) in [5.74, 6) is 0.241. The van der Waals surface area contributed by atoms with Gasteiger partial charge in [0.1, 0.15) is 6.04 Å². The second-order valence-corrected chi connectivity index (χ2v) is 7.02. The highest BCUT2D eigenvalue weighted by Gasteiger charge is 2.31. The fourth-order valence-corrected chi connectivity index (χ4v) is 3.30. The smallest absolute Gasteiger partial charge is 0.319 e. The number of para-hydroxylation sites is 2. The lowest BCUT2D eigenvalue weighted by atomic mass is 10.0. The first-order valence-corrected chi connectivity index (χ1v) is 9.06. The van der Waals surface area contributed by atoms with E-state index in [9.17, 15) is 9.59 Å². The van der Waals surface area contributed by atoms with Crippen molar-refractivity contribution in [2.75, 3.05) is 16.8 Å². The summed E-state index contributed by atoms with van der Waals surface area (Å²) in [4.78, 5) is 27.3. The van der Waals surface area contributed by atoms with E-state index in [1.54, 1.807) is 4.90 Å². The number of fused-ring (bicyclic) bond motifs is 1. The van der Waals surface area contributed by atoms with Crippen LogP contribution in [0.25, 0.3) is 0 Å². The van der Waals surface area contributed by atoms with Crippen molar-refractivity contribution in [3.8, 4) is 0 Å². The number of benzene rings is 2. The van der Waals surface area contributed by atoms with Gasteiger partial charge in [0, 0.05) is 17.9 Å². The molecule has 136 valence electrons. The number of nitrogens with one attached hydrogen (secondary N) is 2. The minimum atomic E-state index is -0.551. The third-order valence-corrected chi connectivity index (χ3v) is 4.50. The zero-order valence-corrected chi connectivity index (χ0v) is 15.2. The van der Waals surface area contributed by atoms with E-state index in [2.05, 4.69) is 30.5 Å². The molecule has 0 unspecified atom stereocenters. The van der Waals surface area contributed by atoms with Gasteiger partial charge in [-0.2, -0.15) is 0 Å². The van der Waals surface area contributed by atoms with Crippen LogP contribution in [0.3, 0.4) is 0 Å². The van der Waals surface area contributed by atoms with Crippen LogP contribution in [0.4, 0.5) is 16.2 Å². The molecule has 0 aromatic heterocycles. The Morgan fingerprint density at radius 2 is 1.73 bits per heavy atom. The molecular formula is C21H25N3O2. The topological polar surface area (TPSA) is 61.4 Å². The lowest BCUT2D eigenvalue weighted by molar-refractivity contribution is -0.120. The minimum absolute atomic E-state index is 0.0492. The third kappa shape index (κ3) is 4.23. The van der Waals surface area contributed by atoms with Gasteiger partial charge in [0.2, 0.25) is 5.91 Å². The number of hydrogen-bond acceptors (Lipinski definition) is 2. The molecule has 5 nitrogen and oxygen atoms in total. The highest BCUT2D eigenvalue weighted by molar-refractivity contribution is 6.02. The maximum absolute atomic E-state index is 13.1. The van der Waals surface area contributed by atoms with Crippen molar-refractivity contribution in [3.63, 3.8) is 0 Å². The van der Waals surface area contributed by atoms with Gasteiger partial charge in [-0.25, -0.2) is 4.79 Å². The van der Waals surface area contributed by atoms with Crippen LogP contribution < -0.4 is 15.5 Å². The molecule has 5 heteroatoms. The monoisotopic (exact) mass is 351 g/mol. The summed E-state index contributed by atoms with van der Waals surface area (Å²) in [6, 6.07) is 16.3. The molecule has 1 atom stereocenters. The Morgan fingerprint density at radius 3 is 2.46 bits per heavy atom. The lowest BCUT2D eigenvalue weighted by Gasteiger charge is -2.26. The third-order valence-electron chi connectivity index (χ3n) is 4.50. The SMILES string of the molecule is CC(C)C[C@H](NC(=O)Nc1ccccc1)C(=O)N1CCc2ccccc21. The number of carbonyl (C=O) groups excluding carboxylic acids is 2. The number of nitrogens with zero attached hydrogens (tertiary/aromatic N) is 1. The maximum Gasteiger partial charge on any atom is 0.319 e. The summed E-state index contributed by atoms with van der Waals surface area (Å²) >= 11 is 0. The standard InChI is InChI=1S/C21H25N3O2/c1-15(2)14-18(23-21(26)22-17-9-4-3-5-10-17)20(25)24-13-12-16-8-6-7-11-19(16)24/h3-11,15,18H,12-14H2,1-2H3,(H2,22,23,26)/t18-/m0/s1. The Balaban J connectivity index is 1.71. The molecule has 0 spiro atoms. The number of hydrogen-bond donors (Lipinski definition) is 2. The van der Waals surface area contributed by atoms with Crippen molar-refractivity contribution in [2.45, 2.75) is 32.7 Å². The molecule has 3 amide bonds. The molecule has 0 bridgehead atoms. The molecule has 2 aromatic carbocycles. The van der Waals surface area contributed by atoms with E-state index < -0.39 is 6.04 Å². The summed E-state index contributed by atoms with van der Waals surface area (Å²) in [6.07, 6.45) is 1.45. The molecule has 26 heavy (non-hydrogen) atoms. The van der Waals surface area contributed by atoms with Gasteiger partial charge in [-0.15, -0.1) is 0 Å². The quantitative estimate of drug-likeness (QED) is 0.860. The van der Waals surface area contributed by atoms with Gasteiger partial charge in [-0.05, 0) is 42.5 Å².